The summed E-state index contributed by atoms with van der Waals surface area (Å²) in [5.74, 6) is 0.156. The molecule has 1 N–H and O–H groups in total. The van der Waals surface area contributed by atoms with Gasteiger partial charge < -0.3 is 0 Å². The number of amides is 2. The summed E-state index contributed by atoms with van der Waals surface area (Å²) in [6.07, 6.45) is 3.51. The summed E-state index contributed by atoms with van der Waals surface area (Å²) < 4.78 is 0. The lowest BCUT2D eigenvalue weighted by molar-refractivity contribution is -0.126. The van der Waals surface area contributed by atoms with E-state index in [0.29, 0.717) is 12.3 Å². The van der Waals surface area contributed by atoms with E-state index in [-0.39, 0.29) is 17.7 Å². The van der Waals surface area contributed by atoms with Crippen LogP contribution in [0.2, 0.25) is 0 Å². The minimum absolute atomic E-state index is 0.0579. The number of nitrogens with one attached hydrogen (secondary N) is 1. The van der Waals surface area contributed by atoms with Crippen molar-refractivity contribution in [1.29, 1.82) is 0 Å². The van der Waals surface area contributed by atoms with Crippen LogP contribution in [0.15, 0.2) is 0 Å². The van der Waals surface area contributed by atoms with Crippen LogP contribution in [0.3, 0.4) is 0 Å². The SMILES string of the molecule is CCCC(CC)C1CC(=O)NC1=O. The molecular weight excluding hydrogens is 166 g/mol. The third kappa shape index (κ3) is 2.29. The Balaban J connectivity index is 2.58. The van der Waals surface area contributed by atoms with Crippen molar-refractivity contribution in [1.82, 2.24) is 5.32 Å². The zero-order valence-corrected chi connectivity index (χ0v) is 8.30. The molecule has 1 fully saturated rings. The molecule has 13 heavy (non-hydrogen) atoms. The number of imide groups is 1. The average Bonchev–Trinajstić information content (AvgIpc) is 2.41. The van der Waals surface area contributed by atoms with E-state index < -0.39 is 0 Å². The molecule has 3 nitrogen and oxygen atoms in total. The first-order valence-corrected chi connectivity index (χ1v) is 5.02. The van der Waals surface area contributed by atoms with E-state index >= 15 is 0 Å². The Morgan fingerprint density at radius 1 is 1.46 bits per heavy atom. The monoisotopic (exact) mass is 183 g/mol. The Bertz CT molecular complexity index is 213. The van der Waals surface area contributed by atoms with Crippen molar-refractivity contribution in [2.75, 3.05) is 0 Å². The highest BCUT2D eigenvalue weighted by molar-refractivity contribution is 6.03. The van der Waals surface area contributed by atoms with E-state index in [1.807, 2.05) is 0 Å². The second kappa shape index (κ2) is 4.40. The highest BCUT2D eigenvalue weighted by atomic mass is 16.2. The van der Waals surface area contributed by atoms with E-state index in [9.17, 15) is 9.59 Å². The Morgan fingerprint density at radius 3 is 2.54 bits per heavy atom. The fourth-order valence-corrected chi connectivity index (χ4v) is 2.01. The molecule has 1 aliphatic rings. The second-order valence-electron chi connectivity index (χ2n) is 3.68. The van der Waals surface area contributed by atoms with Crippen molar-refractivity contribution < 1.29 is 9.59 Å². The van der Waals surface area contributed by atoms with Crippen LogP contribution in [-0.4, -0.2) is 11.8 Å². The van der Waals surface area contributed by atoms with Crippen LogP contribution in [-0.2, 0) is 9.59 Å². The van der Waals surface area contributed by atoms with Crippen molar-refractivity contribution in [3.05, 3.63) is 0 Å². The number of carbonyl (C=O) groups is 2. The molecule has 0 spiro atoms. The van der Waals surface area contributed by atoms with Crippen LogP contribution in [0.1, 0.15) is 39.5 Å². The maximum absolute atomic E-state index is 11.3. The molecule has 1 rings (SSSR count). The highest BCUT2D eigenvalue weighted by Gasteiger charge is 2.35. The van der Waals surface area contributed by atoms with Gasteiger partial charge in [0.05, 0.1) is 0 Å². The molecule has 0 aliphatic carbocycles. The van der Waals surface area contributed by atoms with Gasteiger partial charge in [-0.1, -0.05) is 26.7 Å². The smallest absolute Gasteiger partial charge is 0.230 e. The molecule has 0 aromatic carbocycles. The third-order valence-electron chi connectivity index (χ3n) is 2.76. The van der Waals surface area contributed by atoms with Crippen molar-refractivity contribution in [2.45, 2.75) is 39.5 Å². The first-order valence-electron chi connectivity index (χ1n) is 5.02. The van der Waals surface area contributed by atoms with E-state index in [4.69, 9.17) is 0 Å². The molecule has 1 aliphatic heterocycles. The van der Waals surface area contributed by atoms with Crippen LogP contribution in [0.5, 0.6) is 0 Å². The second-order valence-corrected chi connectivity index (χ2v) is 3.68. The predicted octanol–water partition coefficient (Wildman–Crippen LogP) is 1.48. The Kier molecular flexibility index (Phi) is 3.46. The number of rotatable bonds is 4. The lowest BCUT2D eigenvalue weighted by Gasteiger charge is -2.17. The largest absolute Gasteiger partial charge is 0.296 e. The molecule has 0 saturated carbocycles. The Hall–Kier alpha value is -0.860. The summed E-state index contributed by atoms with van der Waals surface area (Å²) in [6, 6.07) is 0. The summed E-state index contributed by atoms with van der Waals surface area (Å²) in [5, 5.41) is 2.36. The maximum Gasteiger partial charge on any atom is 0.230 e. The summed E-state index contributed by atoms with van der Waals surface area (Å²) in [6.45, 7) is 4.19. The minimum atomic E-state index is -0.107. The molecule has 0 aromatic heterocycles. The van der Waals surface area contributed by atoms with Gasteiger partial charge in [-0.2, -0.15) is 0 Å². The molecule has 1 heterocycles. The van der Waals surface area contributed by atoms with Crippen LogP contribution in [0.4, 0.5) is 0 Å². The van der Waals surface area contributed by atoms with Gasteiger partial charge in [-0.3, -0.25) is 14.9 Å². The van der Waals surface area contributed by atoms with Crippen molar-refractivity contribution in [2.24, 2.45) is 11.8 Å². The number of hydrogen-bond donors (Lipinski definition) is 1. The molecule has 0 aromatic rings. The summed E-state index contributed by atoms with van der Waals surface area (Å²) in [5.41, 5.74) is 0. The fraction of sp³-hybridized carbons (Fsp3) is 0.800. The van der Waals surface area contributed by atoms with Crippen molar-refractivity contribution >= 4 is 11.8 Å². The quantitative estimate of drug-likeness (QED) is 0.671. The van der Waals surface area contributed by atoms with Gasteiger partial charge in [0.15, 0.2) is 0 Å². The molecule has 3 heteroatoms. The highest BCUT2D eigenvalue weighted by Crippen LogP contribution is 2.27. The van der Waals surface area contributed by atoms with Crippen LogP contribution < -0.4 is 5.32 Å². The van der Waals surface area contributed by atoms with Gasteiger partial charge in [0.2, 0.25) is 11.8 Å². The van der Waals surface area contributed by atoms with E-state index in [1.54, 1.807) is 0 Å². The maximum atomic E-state index is 11.3. The Labute approximate surface area is 78.9 Å². The molecule has 1 saturated heterocycles. The molecule has 2 amide bonds. The first-order chi connectivity index (χ1) is 6.19. The lowest BCUT2D eigenvalue weighted by Crippen LogP contribution is -2.25. The van der Waals surface area contributed by atoms with Crippen LogP contribution in [0, 0.1) is 11.8 Å². The zero-order chi connectivity index (χ0) is 9.84. The number of carbonyl (C=O) groups excluding carboxylic acids is 2. The standard InChI is InChI=1S/C10H17NO2/c1-3-5-7(4-2)8-6-9(12)11-10(8)13/h7-8H,3-6H2,1-2H3,(H,11,12,13). The fourth-order valence-electron chi connectivity index (χ4n) is 2.01. The normalized spacial score (nSPS) is 24.6. The predicted molar refractivity (Wildman–Crippen MR) is 49.9 cm³/mol. The zero-order valence-electron chi connectivity index (χ0n) is 8.30. The van der Waals surface area contributed by atoms with Gasteiger partial charge in [0.1, 0.15) is 0 Å². The minimum Gasteiger partial charge on any atom is -0.296 e. The van der Waals surface area contributed by atoms with Gasteiger partial charge in [-0.05, 0) is 12.3 Å². The molecular formula is C10H17NO2. The molecule has 74 valence electrons. The molecule has 0 radical (unpaired) electrons. The summed E-state index contributed by atoms with van der Waals surface area (Å²) in [4.78, 5) is 22.3. The number of hydrogen-bond acceptors (Lipinski definition) is 2. The van der Waals surface area contributed by atoms with Crippen LogP contribution >= 0.6 is 0 Å². The first kappa shape index (κ1) is 10.2. The van der Waals surface area contributed by atoms with E-state index in [2.05, 4.69) is 19.2 Å². The molecule has 0 bridgehead atoms. The summed E-state index contributed by atoms with van der Waals surface area (Å²) in [7, 11) is 0. The van der Waals surface area contributed by atoms with Gasteiger partial charge >= 0.3 is 0 Å². The topological polar surface area (TPSA) is 46.2 Å². The molecule has 2 atom stereocenters. The Morgan fingerprint density at radius 2 is 2.15 bits per heavy atom. The van der Waals surface area contributed by atoms with Crippen molar-refractivity contribution in [3.8, 4) is 0 Å². The van der Waals surface area contributed by atoms with E-state index in [1.165, 1.54) is 0 Å². The molecule has 2 unspecified atom stereocenters. The van der Waals surface area contributed by atoms with Gasteiger partial charge in [-0.15, -0.1) is 0 Å². The third-order valence-corrected chi connectivity index (χ3v) is 2.76. The van der Waals surface area contributed by atoms with E-state index in [0.717, 1.165) is 19.3 Å². The van der Waals surface area contributed by atoms with Gasteiger partial charge in [0, 0.05) is 12.3 Å². The summed E-state index contributed by atoms with van der Waals surface area (Å²) >= 11 is 0. The lowest BCUT2D eigenvalue weighted by atomic mass is 9.85. The van der Waals surface area contributed by atoms with Gasteiger partial charge in [0.25, 0.3) is 0 Å². The average molecular weight is 183 g/mol. The van der Waals surface area contributed by atoms with Gasteiger partial charge in [-0.25, -0.2) is 0 Å². The van der Waals surface area contributed by atoms with Crippen molar-refractivity contribution in [3.63, 3.8) is 0 Å². The van der Waals surface area contributed by atoms with Crippen LogP contribution in [0.25, 0.3) is 0 Å².